The molecule has 2 heterocycles. The third-order valence-corrected chi connectivity index (χ3v) is 4.00. The average Bonchev–Trinajstić information content (AvgIpc) is 2.64. The van der Waals surface area contributed by atoms with Crippen molar-refractivity contribution in [3.63, 3.8) is 0 Å². The Morgan fingerprint density at radius 3 is 2.83 bits per heavy atom. The number of aromatic nitrogens is 1. The molecule has 3 rings (SSSR count). The van der Waals surface area contributed by atoms with E-state index in [9.17, 15) is 9.18 Å². The molecule has 1 aliphatic heterocycles. The van der Waals surface area contributed by atoms with Crippen LogP contribution >= 0.6 is 0 Å². The van der Waals surface area contributed by atoms with Crippen molar-refractivity contribution >= 4 is 11.6 Å². The predicted molar refractivity (Wildman–Crippen MR) is 89.7 cm³/mol. The highest BCUT2D eigenvalue weighted by Gasteiger charge is 2.14. The number of halogens is 1. The Bertz CT molecular complexity index is 702. The lowest BCUT2D eigenvalue weighted by molar-refractivity contribution is 0.0953. The van der Waals surface area contributed by atoms with Crippen LogP contribution in [0.1, 0.15) is 15.9 Å². The SMILES string of the molecule is O=C(NCCc1ccccc1F)c1cncc(N2CCOCC2)c1. The highest BCUT2D eigenvalue weighted by atomic mass is 19.1. The number of morpholine rings is 1. The zero-order valence-corrected chi connectivity index (χ0v) is 13.4. The van der Waals surface area contributed by atoms with Crippen molar-refractivity contribution in [3.8, 4) is 0 Å². The summed E-state index contributed by atoms with van der Waals surface area (Å²) >= 11 is 0. The minimum atomic E-state index is -0.247. The maximum atomic E-state index is 13.6. The molecule has 1 aliphatic rings. The van der Waals surface area contributed by atoms with E-state index in [1.807, 2.05) is 6.07 Å². The third kappa shape index (κ3) is 4.08. The van der Waals surface area contributed by atoms with E-state index in [1.165, 1.54) is 6.07 Å². The van der Waals surface area contributed by atoms with Crippen molar-refractivity contribution in [1.82, 2.24) is 10.3 Å². The molecule has 0 saturated carbocycles. The smallest absolute Gasteiger partial charge is 0.252 e. The van der Waals surface area contributed by atoms with Crippen LogP contribution in [0.5, 0.6) is 0 Å². The van der Waals surface area contributed by atoms with E-state index in [0.29, 0.717) is 37.3 Å². The summed E-state index contributed by atoms with van der Waals surface area (Å²) in [7, 11) is 0. The Hall–Kier alpha value is -2.47. The first kappa shape index (κ1) is 16.4. The Morgan fingerprint density at radius 2 is 2.04 bits per heavy atom. The van der Waals surface area contributed by atoms with Crippen LogP contribution in [0, 0.1) is 5.82 Å². The molecule has 1 aromatic heterocycles. The minimum Gasteiger partial charge on any atom is -0.378 e. The Labute approximate surface area is 140 Å². The van der Waals surface area contributed by atoms with Gasteiger partial charge in [0.05, 0.1) is 30.7 Å². The van der Waals surface area contributed by atoms with Crippen molar-refractivity contribution < 1.29 is 13.9 Å². The van der Waals surface area contributed by atoms with Crippen molar-refractivity contribution in [2.24, 2.45) is 0 Å². The molecule has 126 valence electrons. The molecule has 0 aliphatic carbocycles. The maximum Gasteiger partial charge on any atom is 0.252 e. The van der Waals surface area contributed by atoms with Crippen LogP contribution in [0.25, 0.3) is 0 Å². The van der Waals surface area contributed by atoms with E-state index in [1.54, 1.807) is 30.6 Å². The fourth-order valence-corrected chi connectivity index (χ4v) is 2.66. The summed E-state index contributed by atoms with van der Waals surface area (Å²) < 4.78 is 18.9. The van der Waals surface area contributed by atoms with Crippen LogP contribution in [-0.2, 0) is 11.2 Å². The lowest BCUT2D eigenvalue weighted by Gasteiger charge is -2.28. The fourth-order valence-electron chi connectivity index (χ4n) is 2.66. The molecule has 24 heavy (non-hydrogen) atoms. The largest absolute Gasteiger partial charge is 0.378 e. The van der Waals surface area contributed by atoms with Crippen LogP contribution in [0.2, 0.25) is 0 Å². The van der Waals surface area contributed by atoms with E-state index in [4.69, 9.17) is 4.74 Å². The van der Waals surface area contributed by atoms with E-state index in [2.05, 4.69) is 15.2 Å². The lowest BCUT2D eigenvalue weighted by atomic mass is 10.1. The molecule has 0 unspecified atom stereocenters. The van der Waals surface area contributed by atoms with Crippen molar-refractivity contribution in [1.29, 1.82) is 0 Å². The van der Waals surface area contributed by atoms with Crippen LogP contribution in [0.4, 0.5) is 10.1 Å². The highest BCUT2D eigenvalue weighted by molar-refractivity contribution is 5.94. The number of rotatable bonds is 5. The standard InChI is InChI=1S/C18H20FN3O2/c19-17-4-2-1-3-14(17)5-6-21-18(23)15-11-16(13-20-12-15)22-7-9-24-10-8-22/h1-4,11-13H,5-10H2,(H,21,23). The summed E-state index contributed by atoms with van der Waals surface area (Å²) in [5, 5.41) is 2.82. The summed E-state index contributed by atoms with van der Waals surface area (Å²) in [5.74, 6) is -0.448. The van der Waals surface area contributed by atoms with Gasteiger partial charge < -0.3 is 15.0 Å². The molecular formula is C18H20FN3O2. The van der Waals surface area contributed by atoms with Gasteiger partial charge in [-0.25, -0.2) is 4.39 Å². The summed E-state index contributed by atoms with van der Waals surface area (Å²) in [5.41, 5.74) is 2.02. The number of carbonyl (C=O) groups is 1. The zero-order valence-electron chi connectivity index (χ0n) is 13.4. The number of nitrogens with one attached hydrogen (secondary N) is 1. The molecule has 0 spiro atoms. The first-order valence-corrected chi connectivity index (χ1v) is 8.03. The van der Waals surface area contributed by atoms with Gasteiger partial charge in [-0.2, -0.15) is 0 Å². The van der Waals surface area contributed by atoms with Gasteiger partial charge in [-0.3, -0.25) is 9.78 Å². The number of hydrogen-bond donors (Lipinski definition) is 1. The van der Waals surface area contributed by atoms with E-state index >= 15 is 0 Å². The van der Waals surface area contributed by atoms with Gasteiger partial charge in [-0.1, -0.05) is 18.2 Å². The van der Waals surface area contributed by atoms with Crippen molar-refractivity contribution in [2.45, 2.75) is 6.42 Å². The van der Waals surface area contributed by atoms with Crippen molar-refractivity contribution in [3.05, 3.63) is 59.7 Å². The second kappa shape index (κ2) is 7.88. The van der Waals surface area contributed by atoms with Crippen LogP contribution < -0.4 is 10.2 Å². The normalized spacial score (nSPS) is 14.5. The molecule has 1 N–H and O–H groups in total. The number of carbonyl (C=O) groups excluding carboxylic acids is 1. The van der Waals surface area contributed by atoms with Gasteiger partial charge >= 0.3 is 0 Å². The average molecular weight is 329 g/mol. The molecular weight excluding hydrogens is 309 g/mol. The van der Waals surface area contributed by atoms with Crippen molar-refractivity contribution in [2.75, 3.05) is 37.7 Å². The van der Waals surface area contributed by atoms with Crippen LogP contribution in [-0.4, -0.2) is 43.7 Å². The molecule has 1 aromatic carbocycles. The second-order valence-corrected chi connectivity index (χ2v) is 5.63. The number of ether oxygens (including phenoxy) is 1. The van der Waals surface area contributed by atoms with Gasteiger partial charge in [0.15, 0.2) is 0 Å². The van der Waals surface area contributed by atoms with Crippen LogP contribution in [0.3, 0.4) is 0 Å². The van der Waals surface area contributed by atoms with E-state index in [-0.39, 0.29) is 11.7 Å². The predicted octanol–water partition coefficient (Wildman–Crippen LogP) is 2.03. The molecule has 6 heteroatoms. The monoisotopic (exact) mass is 329 g/mol. The van der Waals surface area contributed by atoms with Gasteiger partial charge in [-0.05, 0) is 24.1 Å². The first-order valence-electron chi connectivity index (χ1n) is 8.03. The van der Waals surface area contributed by atoms with Gasteiger partial charge in [0.1, 0.15) is 5.82 Å². The molecule has 1 saturated heterocycles. The van der Waals surface area contributed by atoms with E-state index < -0.39 is 0 Å². The minimum absolute atomic E-state index is 0.200. The number of hydrogen-bond acceptors (Lipinski definition) is 4. The topological polar surface area (TPSA) is 54.5 Å². The first-order chi connectivity index (χ1) is 11.7. The van der Waals surface area contributed by atoms with Gasteiger partial charge in [-0.15, -0.1) is 0 Å². The van der Waals surface area contributed by atoms with Gasteiger partial charge in [0, 0.05) is 25.8 Å². The second-order valence-electron chi connectivity index (χ2n) is 5.63. The Balaban J connectivity index is 1.57. The summed E-state index contributed by atoms with van der Waals surface area (Å²) in [6, 6.07) is 8.42. The molecule has 1 fully saturated rings. The quantitative estimate of drug-likeness (QED) is 0.912. The number of pyridine rings is 1. The lowest BCUT2D eigenvalue weighted by Crippen LogP contribution is -2.36. The molecule has 5 nitrogen and oxygen atoms in total. The molecule has 1 amide bonds. The summed E-state index contributed by atoms with van der Waals surface area (Å²) in [4.78, 5) is 18.6. The molecule has 0 bridgehead atoms. The van der Waals surface area contributed by atoms with Crippen LogP contribution in [0.15, 0.2) is 42.7 Å². The zero-order chi connectivity index (χ0) is 16.8. The van der Waals surface area contributed by atoms with E-state index in [0.717, 1.165) is 18.8 Å². The fraction of sp³-hybridized carbons (Fsp3) is 0.333. The Morgan fingerprint density at radius 1 is 1.25 bits per heavy atom. The number of amides is 1. The van der Waals surface area contributed by atoms with Gasteiger partial charge in [0.2, 0.25) is 0 Å². The maximum absolute atomic E-state index is 13.6. The number of benzene rings is 1. The summed E-state index contributed by atoms with van der Waals surface area (Å²) in [6.07, 6.45) is 3.75. The Kier molecular flexibility index (Phi) is 5.38. The highest BCUT2D eigenvalue weighted by Crippen LogP contribution is 2.16. The molecule has 0 radical (unpaired) electrons. The van der Waals surface area contributed by atoms with Gasteiger partial charge in [0.25, 0.3) is 5.91 Å². The number of nitrogens with zero attached hydrogens (tertiary/aromatic N) is 2. The molecule has 2 aromatic rings. The summed E-state index contributed by atoms with van der Waals surface area (Å²) in [6.45, 7) is 3.32. The molecule has 0 atom stereocenters. The third-order valence-electron chi connectivity index (χ3n) is 4.00. The number of anilines is 1.